The van der Waals surface area contributed by atoms with Gasteiger partial charge < -0.3 is 14.2 Å². The van der Waals surface area contributed by atoms with E-state index in [1.165, 1.54) is 18.4 Å². The number of esters is 1. The van der Waals surface area contributed by atoms with Gasteiger partial charge in [-0.2, -0.15) is 0 Å². The van der Waals surface area contributed by atoms with Crippen LogP contribution >= 0.6 is 0 Å². The Morgan fingerprint density at radius 3 is 2.26 bits per heavy atom. The van der Waals surface area contributed by atoms with Gasteiger partial charge in [0.15, 0.2) is 11.5 Å². The summed E-state index contributed by atoms with van der Waals surface area (Å²) in [5, 5.41) is 0. The summed E-state index contributed by atoms with van der Waals surface area (Å²) in [7, 11) is 1.61. The van der Waals surface area contributed by atoms with E-state index in [0.717, 1.165) is 42.4 Å². The average Bonchev–Trinajstić information content (AvgIpc) is 2.88. The van der Waals surface area contributed by atoms with Crippen LogP contribution in [0.3, 0.4) is 0 Å². The molecule has 0 fully saturated rings. The fourth-order valence-electron chi connectivity index (χ4n) is 4.24. The second-order valence-electron chi connectivity index (χ2n) is 8.29. The van der Waals surface area contributed by atoms with E-state index in [-0.39, 0.29) is 0 Å². The Balaban J connectivity index is 1.96. The summed E-state index contributed by atoms with van der Waals surface area (Å²) in [6.07, 6.45) is 6.20. The van der Waals surface area contributed by atoms with Gasteiger partial charge in [0.2, 0.25) is 0 Å². The lowest BCUT2D eigenvalue weighted by Gasteiger charge is -2.19. The molecular weight excluding hydrogens is 424 g/mol. The molecule has 0 saturated heterocycles. The van der Waals surface area contributed by atoms with Crippen molar-refractivity contribution >= 4 is 5.97 Å². The monoisotopic (exact) mass is 460 g/mol. The third-order valence-electron chi connectivity index (χ3n) is 6.03. The minimum Gasteiger partial charge on any atom is -0.496 e. The molecule has 0 aliphatic carbocycles. The van der Waals surface area contributed by atoms with Gasteiger partial charge in [0, 0.05) is 11.1 Å². The maximum atomic E-state index is 13.5. The molecule has 4 heteroatoms. The summed E-state index contributed by atoms with van der Waals surface area (Å²) in [5.41, 5.74) is 4.40. The predicted molar refractivity (Wildman–Crippen MR) is 138 cm³/mol. The van der Waals surface area contributed by atoms with E-state index in [1.54, 1.807) is 13.2 Å². The van der Waals surface area contributed by atoms with Crippen LogP contribution in [-0.4, -0.2) is 19.7 Å². The fraction of sp³-hybridized carbons (Fsp3) is 0.367. The number of aryl methyl sites for hydroxylation is 1. The van der Waals surface area contributed by atoms with Crippen LogP contribution in [0.2, 0.25) is 0 Å². The molecule has 0 saturated carbocycles. The maximum Gasteiger partial charge on any atom is 0.344 e. The van der Waals surface area contributed by atoms with E-state index in [1.807, 2.05) is 54.6 Å². The first-order valence-electron chi connectivity index (χ1n) is 12.4. The number of hydrogen-bond acceptors (Lipinski definition) is 4. The van der Waals surface area contributed by atoms with E-state index in [9.17, 15) is 4.79 Å². The Kier molecular flexibility index (Phi) is 9.57. The molecule has 4 nitrogen and oxygen atoms in total. The lowest BCUT2D eigenvalue weighted by atomic mass is 9.98. The minimum atomic E-state index is -0.431. The number of methoxy groups -OCH3 is 1. The van der Waals surface area contributed by atoms with Gasteiger partial charge in [0.1, 0.15) is 5.75 Å². The van der Waals surface area contributed by atoms with Gasteiger partial charge >= 0.3 is 5.97 Å². The van der Waals surface area contributed by atoms with E-state index >= 15 is 0 Å². The largest absolute Gasteiger partial charge is 0.496 e. The van der Waals surface area contributed by atoms with Crippen LogP contribution in [0.4, 0.5) is 0 Å². The molecule has 0 aromatic heterocycles. The van der Waals surface area contributed by atoms with Gasteiger partial charge in [-0.15, -0.1) is 0 Å². The fourth-order valence-corrected chi connectivity index (χ4v) is 4.24. The van der Waals surface area contributed by atoms with Crippen molar-refractivity contribution in [3.8, 4) is 28.4 Å². The van der Waals surface area contributed by atoms with Crippen molar-refractivity contribution < 1.29 is 19.0 Å². The molecule has 3 rings (SSSR count). The van der Waals surface area contributed by atoms with Crippen LogP contribution in [0.25, 0.3) is 11.1 Å². The summed E-state index contributed by atoms with van der Waals surface area (Å²) in [4.78, 5) is 13.5. The number of carbonyl (C=O) groups excluding carboxylic acids is 1. The molecule has 180 valence electrons. The van der Waals surface area contributed by atoms with Crippen molar-refractivity contribution in [3.63, 3.8) is 0 Å². The van der Waals surface area contributed by atoms with E-state index < -0.39 is 5.97 Å². The van der Waals surface area contributed by atoms with Gasteiger partial charge in [-0.05, 0) is 48.6 Å². The van der Waals surface area contributed by atoms with Crippen LogP contribution in [0.5, 0.6) is 17.2 Å². The van der Waals surface area contributed by atoms with Crippen molar-refractivity contribution in [2.24, 2.45) is 0 Å². The third kappa shape index (κ3) is 5.99. The maximum absolute atomic E-state index is 13.5. The first-order valence-corrected chi connectivity index (χ1v) is 12.4. The molecule has 0 N–H and O–H groups in total. The smallest absolute Gasteiger partial charge is 0.344 e. The molecule has 0 atom stereocenters. The van der Waals surface area contributed by atoms with Gasteiger partial charge in [-0.3, -0.25) is 0 Å². The first kappa shape index (κ1) is 25.4. The molecule has 0 unspecified atom stereocenters. The number of hydrogen-bond donors (Lipinski definition) is 0. The Morgan fingerprint density at radius 1 is 0.794 bits per heavy atom. The summed E-state index contributed by atoms with van der Waals surface area (Å²) in [6, 6.07) is 19.1. The summed E-state index contributed by atoms with van der Waals surface area (Å²) >= 11 is 0. The Labute approximate surface area is 203 Å². The number of carbonyl (C=O) groups is 1. The minimum absolute atomic E-state index is 0.431. The molecule has 3 aromatic carbocycles. The highest BCUT2D eigenvalue weighted by Crippen LogP contribution is 2.38. The van der Waals surface area contributed by atoms with Crippen molar-refractivity contribution in [1.82, 2.24) is 0 Å². The zero-order chi connectivity index (χ0) is 24.3. The molecule has 34 heavy (non-hydrogen) atoms. The number of ether oxygens (including phenoxy) is 3. The molecule has 0 aliphatic heterocycles. The molecule has 0 bridgehead atoms. The van der Waals surface area contributed by atoms with Crippen molar-refractivity contribution in [2.75, 3.05) is 13.7 Å². The Hall–Kier alpha value is -3.27. The van der Waals surface area contributed by atoms with Crippen molar-refractivity contribution in [1.29, 1.82) is 0 Å². The summed E-state index contributed by atoms with van der Waals surface area (Å²) < 4.78 is 17.8. The Bertz CT molecular complexity index is 1070. The molecule has 0 spiro atoms. The summed E-state index contributed by atoms with van der Waals surface area (Å²) in [5.74, 6) is 1.36. The average molecular weight is 461 g/mol. The topological polar surface area (TPSA) is 44.8 Å². The van der Waals surface area contributed by atoms with Crippen LogP contribution in [0.15, 0.2) is 60.7 Å². The van der Waals surface area contributed by atoms with E-state index in [0.29, 0.717) is 29.4 Å². The summed E-state index contributed by atoms with van der Waals surface area (Å²) in [6.45, 7) is 7.05. The van der Waals surface area contributed by atoms with Gasteiger partial charge in [0.05, 0.1) is 19.3 Å². The number of rotatable bonds is 12. The highest BCUT2D eigenvalue weighted by molar-refractivity contribution is 6.00. The molecule has 0 radical (unpaired) electrons. The number of benzene rings is 3. The second kappa shape index (κ2) is 12.8. The van der Waals surface area contributed by atoms with Crippen LogP contribution < -0.4 is 14.2 Å². The molecule has 3 aromatic rings. The molecular formula is C30H36O4. The van der Waals surface area contributed by atoms with Gasteiger partial charge in [0.25, 0.3) is 0 Å². The van der Waals surface area contributed by atoms with Crippen LogP contribution in [0, 0.1) is 0 Å². The standard InChI is InChI=1S/C30H36O4/c1-5-8-9-13-21-33-29-24(7-3)22(6-2)19-20-27(29)34-30(31)25-17-14-18-26(32-4)28(25)23-15-11-10-12-16-23/h10-12,14-20H,5-9,13,21H2,1-4H3. The third-order valence-corrected chi connectivity index (χ3v) is 6.03. The Morgan fingerprint density at radius 2 is 1.59 bits per heavy atom. The van der Waals surface area contributed by atoms with E-state index in [2.05, 4.69) is 20.8 Å². The van der Waals surface area contributed by atoms with Gasteiger partial charge in [-0.25, -0.2) is 4.79 Å². The highest BCUT2D eigenvalue weighted by Gasteiger charge is 2.22. The predicted octanol–water partition coefficient (Wildman–Crippen LogP) is 7.67. The SMILES string of the molecule is CCCCCCOc1c(OC(=O)c2cccc(OC)c2-c2ccccc2)ccc(CC)c1CC. The molecule has 0 amide bonds. The molecule has 0 aliphatic rings. The van der Waals surface area contributed by atoms with Crippen LogP contribution in [0.1, 0.15) is 67.9 Å². The first-order chi connectivity index (χ1) is 16.6. The highest BCUT2D eigenvalue weighted by atomic mass is 16.6. The van der Waals surface area contributed by atoms with Crippen molar-refractivity contribution in [3.05, 3.63) is 77.4 Å². The zero-order valence-electron chi connectivity index (χ0n) is 20.9. The zero-order valence-corrected chi connectivity index (χ0v) is 20.9. The van der Waals surface area contributed by atoms with Crippen molar-refractivity contribution in [2.45, 2.75) is 59.3 Å². The normalized spacial score (nSPS) is 10.7. The van der Waals surface area contributed by atoms with Crippen LogP contribution in [-0.2, 0) is 12.8 Å². The lowest BCUT2D eigenvalue weighted by Crippen LogP contribution is -2.13. The lowest BCUT2D eigenvalue weighted by molar-refractivity contribution is 0.0728. The number of unbranched alkanes of at least 4 members (excludes halogenated alkanes) is 3. The van der Waals surface area contributed by atoms with E-state index in [4.69, 9.17) is 14.2 Å². The molecule has 0 heterocycles. The van der Waals surface area contributed by atoms with Gasteiger partial charge in [-0.1, -0.05) is 82.5 Å². The second-order valence-corrected chi connectivity index (χ2v) is 8.29. The quantitative estimate of drug-likeness (QED) is 0.158.